The van der Waals surface area contributed by atoms with Crippen molar-refractivity contribution in [3.63, 3.8) is 0 Å². The van der Waals surface area contributed by atoms with Gasteiger partial charge in [-0.25, -0.2) is 4.39 Å². The average molecular weight is 322 g/mol. The van der Waals surface area contributed by atoms with Gasteiger partial charge in [-0.1, -0.05) is 13.8 Å². The molecule has 0 aromatic heterocycles. The van der Waals surface area contributed by atoms with Crippen LogP contribution in [0.5, 0.6) is 0 Å². The number of nitrogens with zero attached hydrogens (tertiary/aromatic N) is 1. The summed E-state index contributed by atoms with van der Waals surface area (Å²) in [6, 6.07) is 4.48. The number of rotatable bonds is 5. The standard InChI is InChI=1S/C17H23FN2O3/c1-10(2)15(21)8-19-17(23)12-7-16(22)20(9-12)13-4-5-14(18)11(3)6-13/h4-6,10,12,15,21H,7-9H2,1-3H3,(H,19,23). The first-order valence-corrected chi connectivity index (χ1v) is 7.82. The number of nitrogens with one attached hydrogen (secondary N) is 1. The summed E-state index contributed by atoms with van der Waals surface area (Å²) in [5, 5.41) is 12.4. The van der Waals surface area contributed by atoms with Crippen LogP contribution in [-0.4, -0.2) is 36.1 Å². The predicted molar refractivity (Wildman–Crippen MR) is 85.5 cm³/mol. The summed E-state index contributed by atoms with van der Waals surface area (Å²) in [5.41, 5.74) is 1.06. The van der Waals surface area contributed by atoms with Crippen LogP contribution in [0.4, 0.5) is 10.1 Å². The van der Waals surface area contributed by atoms with Crippen LogP contribution in [0.3, 0.4) is 0 Å². The molecule has 1 fully saturated rings. The number of aliphatic hydroxyl groups excluding tert-OH is 1. The second kappa shape index (κ2) is 7.08. The Morgan fingerprint density at radius 1 is 1.48 bits per heavy atom. The summed E-state index contributed by atoms with van der Waals surface area (Å²) in [6.07, 6.45) is -0.480. The highest BCUT2D eigenvalue weighted by Crippen LogP contribution is 2.26. The molecule has 2 atom stereocenters. The van der Waals surface area contributed by atoms with E-state index in [-0.39, 0.29) is 43.1 Å². The zero-order valence-electron chi connectivity index (χ0n) is 13.7. The summed E-state index contributed by atoms with van der Waals surface area (Å²) in [4.78, 5) is 25.8. The first-order valence-electron chi connectivity index (χ1n) is 7.82. The number of benzene rings is 1. The molecular formula is C17H23FN2O3. The van der Waals surface area contributed by atoms with Gasteiger partial charge in [0.05, 0.1) is 12.0 Å². The number of hydrogen-bond donors (Lipinski definition) is 2. The first-order chi connectivity index (χ1) is 10.8. The second-order valence-corrected chi connectivity index (χ2v) is 6.40. The van der Waals surface area contributed by atoms with E-state index in [1.54, 1.807) is 19.1 Å². The van der Waals surface area contributed by atoms with Gasteiger partial charge in [-0.3, -0.25) is 9.59 Å². The van der Waals surface area contributed by atoms with Gasteiger partial charge in [-0.2, -0.15) is 0 Å². The molecule has 2 N–H and O–H groups in total. The number of anilines is 1. The average Bonchev–Trinajstić information content (AvgIpc) is 2.89. The normalized spacial score (nSPS) is 19.3. The lowest BCUT2D eigenvalue weighted by molar-refractivity contribution is -0.126. The van der Waals surface area contributed by atoms with Gasteiger partial charge in [0.2, 0.25) is 11.8 Å². The topological polar surface area (TPSA) is 69.6 Å². The molecule has 126 valence electrons. The summed E-state index contributed by atoms with van der Waals surface area (Å²) in [7, 11) is 0. The lowest BCUT2D eigenvalue weighted by Gasteiger charge is -2.18. The monoisotopic (exact) mass is 322 g/mol. The molecule has 1 heterocycles. The highest BCUT2D eigenvalue weighted by atomic mass is 19.1. The van der Waals surface area contributed by atoms with Crippen LogP contribution < -0.4 is 10.2 Å². The lowest BCUT2D eigenvalue weighted by atomic mass is 10.1. The Morgan fingerprint density at radius 2 is 2.17 bits per heavy atom. The van der Waals surface area contributed by atoms with Crippen molar-refractivity contribution in [3.8, 4) is 0 Å². The van der Waals surface area contributed by atoms with Crippen LogP contribution in [0.25, 0.3) is 0 Å². The van der Waals surface area contributed by atoms with Gasteiger partial charge in [-0.15, -0.1) is 0 Å². The summed E-state index contributed by atoms with van der Waals surface area (Å²) < 4.78 is 13.3. The number of aryl methyl sites for hydroxylation is 1. The van der Waals surface area contributed by atoms with E-state index in [1.165, 1.54) is 11.0 Å². The Bertz CT molecular complexity index is 604. The number of amides is 2. The minimum atomic E-state index is -0.605. The van der Waals surface area contributed by atoms with Crippen molar-refractivity contribution >= 4 is 17.5 Å². The molecule has 0 saturated carbocycles. The largest absolute Gasteiger partial charge is 0.391 e. The third kappa shape index (κ3) is 4.07. The third-order valence-corrected chi connectivity index (χ3v) is 4.20. The molecule has 6 heteroatoms. The van der Waals surface area contributed by atoms with Crippen LogP contribution >= 0.6 is 0 Å². The van der Waals surface area contributed by atoms with Crippen LogP contribution in [0.2, 0.25) is 0 Å². The molecule has 2 unspecified atom stereocenters. The van der Waals surface area contributed by atoms with Gasteiger partial charge < -0.3 is 15.3 Å². The van der Waals surface area contributed by atoms with Crippen molar-refractivity contribution in [1.29, 1.82) is 0 Å². The Labute approximate surface area is 135 Å². The number of carbonyl (C=O) groups is 2. The molecule has 1 aromatic carbocycles. The molecule has 0 radical (unpaired) electrons. The molecule has 1 aliphatic heterocycles. The fraction of sp³-hybridized carbons (Fsp3) is 0.529. The molecule has 5 nitrogen and oxygen atoms in total. The number of carbonyl (C=O) groups excluding carboxylic acids is 2. The van der Waals surface area contributed by atoms with Crippen molar-refractivity contribution in [2.45, 2.75) is 33.3 Å². The molecular weight excluding hydrogens is 299 g/mol. The molecule has 0 aliphatic carbocycles. The van der Waals surface area contributed by atoms with Crippen molar-refractivity contribution in [3.05, 3.63) is 29.6 Å². The van der Waals surface area contributed by atoms with Gasteiger partial charge in [-0.05, 0) is 36.6 Å². The molecule has 23 heavy (non-hydrogen) atoms. The zero-order chi connectivity index (χ0) is 17.1. The number of halogens is 1. The summed E-state index contributed by atoms with van der Waals surface area (Å²) in [6.45, 7) is 5.82. The van der Waals surface area contributed by atoms with E-state index in [9.17, 15) is 19.1 Å². The van der Waals surface area contributed by atoms with Gasteiger partial charge >= 0.3 is 0 Å². The zero-order valence-corrected chi connectivity index (χ0v) is 13.7. The maximum atomic E-state index is 13.3. The van der Waals surface area contributed by atoms with Crippen molar-refractivity contribution < 1.29 is 19.1 Å². The van der Waals surface area contributed by atoms with Crippen LogP contribution in [0, 0.1) is 24.6 Å². The maximum absolute atomic E-state index is 13.3. The van der Waals surface area contributed by atoms with E-state index in [0.29, 0.717) is 11.3 Å². The Kier molecular flexibility index (Phi) is 5.36. The Morgan fingerprint density at radius 3 is 2.78 bits per heavy atom. The molecule has 1 aromatic rings. The molecule has 1 saturated heterocycles. The fourth-order valence-corrected chi connectivity index (χ4v) is 2.51. The van der Waals surface area contributed by atoms with Crippen molar-refractivity contribution in [2.75, 3.05) is 18.0 Å². The Hall–Kier alpha value is -1.95. The van der Waals surface area contributed by atoms with Crippen LogP contribution in [0.15, 0.2) is 18.2 Å². The number of hydrogen-bond acceptors (Lipinski definition) is 3. The first kappa shape index (κ1) is 17.4. The van der Waals surface area contributed by atoms with E-state index >= 15 is 0 Å². The van der Waals surface area contributed by atoms with Gasteiger partial charge in [0.15, 0.2) is 0 Å². The highest BCUT2D eigenvalue weighted by molar-refractivity contribution is 6.00. The minimum Gasteiger partial charge on any atom is -0.391 e. The minimum absolute atomic E-state index is 0.0548. The van der Waals surface area contributed by atoms with E-state index in [0.717, 1.165) is 0 Å². The smallest absolute Gasteiger partial charge is 0.227 e. The third-order valence-electron chi connectivity index (χ3n) is 4.20. The van der Waals surface area contributed by atoms with E-state index in [2.05, 4.69) is 5.32 Å². The van der Waals surface area contributed by atoms with E-state index in [1.807, 2.05) is 13.8 Å². The second-order valence-electron chi connectivity index (χ2n) is 6.40. The molecule has 2 amide bonds. The van der Waals surface area contributed by atoms with Crippen LogP contribution in [-0.2, 0) is 9.59 Å². The quantitative estimate of drug-likeness (QED) is 0.865. The van der Waals surface area contributed by atoms with Gasteiger partial charge in [0, 0.05) is 25.2 Å². The predicted octanol–water partition coefficient (Wildman–Crippen LogP) is 1.62. The molecule has 0 bridgehead atoms. The molecule has 2 rings (SSSR count). The highest BCUT2D eigenvalue weighted by Gasteiger charge is 2.35. The van der Waals surface area contributed by atoms with E-state index in [4.69, 9.17) is 0 Å². The molecule has 1 aliphatic rings. The summed E-state index contributed by atoms with van der Waals surface area (Å²) >= 11 is 0. The lowest BCUT2D eigenvalue weighted by Crippen LogP contribution is -2.39. The van der Waals surface area contributed by atoms with E-state index < -0.39 is 12.0 Å². The molecule has 0 spiro atoms. The SMILES string of the molecule is Cc1cc(N2CC(C(=O)NCC(O)C(C)C)CC2=O)ccc1F. The summed E-state index contributed by atoms with van der Waals surface area (Å²) in [5.74, 6) is -1.11. The van der Waals surface area contributed by atoms with Crippen molar-refractivity contribution in [2.24, 2.45) is 11.8 Å². The van der Waals surface area contributed by atoms with Crippen molar-refractivity contribution in [1.82, 2.24) is 5.32 Å². The Balaban J connectivity index is 1.99. The van der Waals surface area contributed by atoms with Gasteiger partial charge in [0.1, 0.15) is 5.82 Å². The number of aliphatic hydroxyl groups is 1. The fourth-order valence-electron chi connectivity index (χ4n) is 2.51. The maximum Gasteiger partial charge on any atom is 0.227 e. The van der Waals surface area contributed by atoms with Crippen LogP contribution in [0.1, 0.15) is 25.8 Å². The van der Waals surface area contributed by atoms with Gasteiger partial charge in [0.25, 0.3) is 0 Å².